The van der Waals surface area contributed by atoms with Crippen molar-refractivity contribution in [3.8, 4) is 23.0 Å². The summed E-state index contributed by atoms with van der Waals surface area (Å²) < 4.78 is 45.1. The molecule has 0 aliphatic carbocycles. The van der Waals surface area contributed by atoms with Crippen LogP contribution in [0.2, 0.25) is 0 Å². The van der Waals surface area contributed by atoms with Crippen LogP contribution < -0.4 is 18.9 Å². The maximum atomic E-state index is 13.0. The standard InChI is InChI=1S/C33H46O11/c1-32(2,3)30(35)40-16-22(28(34)20-10-12-24(38-8)26(14-20)39-9)23(17-41-31(36)33(4,5)6)29(44-18-37-7)21-11-13-25-27(15-21)43-19-42-25/h10-15,22-23,28-29,34H,16-19H2,1-9H3/t22-,23+,28+,29+/m1/s1. The maximum Gasteiger partial charge on any atom is 0.311 e. The number of rotatable bonds is 14. The average Bonchev–Trinajstić information content (AvgIpc) is 3.45. The first-order valence-electron chi connectivity index (χ1n) is 14.5. The van der Waals surface area contributed by atoms with Crippen molar-refractivity contribution >= 4 is 11.9 Å². The number of aliphatic hydroxyl groups is 1. The molecule has 0 spiro atoms. The van der Waals surface area contributed by atoms with Gasteiger partial charge in [0.2, 0.25) is 6.79 Å². The van der Waals surface area contributed by atoms with Crippen LogP contribution in [-0.4, -0.2) is 65.2 Å². The van der Waals surface area contributed by atoms with Crippen molar-refractivity contribution in [2.75, 3.05) is 48.1 Å². The highest BCUT2D eigenvalue weighted by molar-refractivity contribution is 5.75. The first-order chi connectivity index (χ1) is 20.7. The highest BCUT2D eigenvalue weighted by Crippen LogP contribution is 2.43. The van der Waals surface area contributed by atoms with Crippen molar-refractivity contribution in [2.24, 2.45) is 22.7 Å². The number of benzene rings is 2. The Bertz CT molecular complexity index is 1260. The Kier molecular flexibility index (Phi) is 11.9. The highest BCUT2D eigenvalue weighted by atomic mass is 16.7. The summed E-state index contributed by atoms with van der Waals surface area (Å²) in [5, 5.41) is 12.0. The molecule has 3 rings (SSSR count). The first-order valence-corrected chi connectivity index (χ1v) is 14.5. The Morgan fingerprint density at radius 3 is 1.91 bits per heavy atom. The van der Waals surface area contributed by atoms with Gasteiger partial charge >= 0.3 is 11.9 Å². The summed E-state index contributed by atoms with van der Waals surface area (Å²) in [5.41, 5.74) is -0.448. The topological polar surface area (TPSA) is 128 Å². The number of methoxy groups -OCH3 is 3. The number of carbonyl (C=O) groups is 2. The van der Waals surface area contributed by atoms with Gasteiger partial charge in [-0.3, -0.25) is 9.59 Å². The zero-order valence-corrected chi connectivity index (χ0v) is 27.1. The molecule has 11 nitrogen and oxygen atoms in total. The number of ether oxygens (including phenoxy) is 8. The van der Waals surface area contributed by atoms with E-state index in [0.717, 1.165) is 0 Å². The summed E-state index contributed by atoms with van der Waals surface area (Å²) in [5.74, 6) is -0.475. The molecule has 1 heterocycles. The molecule has 0 fully saturated rings. The molecule has 0 bridgehead atoms. The van der Waals surface area contributed by atoms with Crippen LogP contribution in [0.3, 0.4) is 0 Å². The van der Waals surface area contributed by atoms with Crippen molar-refractivity contribution in [3.05, 3.63) is 47.5 Å². The Labute approximate surface area is 259 Å². The molecule has 2 aromatic carbocycles. The zero-order chi connectivity index (χ0) is 32.7. The number of esters is 2. The summed E-state index contributed by atoms with van der Waals surface area (Å²) >= 11 is 0. The van der Waals surface area contributed by atoms with Gasteiger partial charge in [0.05, 0.1) is 50.5 Å². The quantitative estimate of drug-likeness (QED) is 0.221. The van der Waals surface area contributed by atoms with Gasteiger partial charge in [-0.05, 0) is 76.9 Å². The molecule has 0 saturated heterocycles. The molecule has 0 unspecified atom stereocenters. The lowest BCUT2D eigenvalue weighted by atomic mass is 9.79. The fourth-order valence-corrected chi connectivity index (χ4v) is 4.64. The number of carbonyl (C=O) groups excluding carboxylic acids is 2. The molecule has 0 amide bonds. The molecule has 4 atom stereocenters. The van der Waals surface area contributed by atoms with Crippen LogP contribution in [0, 0.1) is 22.7 Å². The number of hydrogen-bond acceptors (Lipinski definition) is 11. The highest BCUT2D eigenvalue weighted by Gasteiger charge is 2.40. The molecule has 244 valence electrons. The lowest BCUT2D eigenvalue weighted by Crippen LogP contribution is -2.38. The van der Waals surface area contributed by atoms with Crippen LogP contribution in [0.15, 0.2) is 36.4 Å². The molecule has 2 aromatic rings. The van der Waals surface area contributed by atoms with Crippen LogP contribution in [0.4, 0.5) is 0 Å². The van der Waals surface area contributed by atoms with Gasteiger partial charge in [-0.25, -0.2) is 0 Å². The Morgan fingerprint density at radius 2 is 1.34 bits per heavy atom. The van der Waals surface area contributed by atoms with Gasteiger partial charge in [0.15, 0.2) is 23.0 Å². The molecule has 44 heavy (non-hydrogen) atoms. The number of aliphatic hydroxyl groups excluding tert-OH is 1. The summed E-state index contributed by atoms with van der Waals surface area (Å²) in [6.45, 7) is 10.1. The molecule has 1 N–H and O–H groups in total. The second-order valence-corrected chi connectivity index (χ2v) is 12.7. The second kappa shape index (κ2) is 15.0. The van der Waals surface area contributed by atoms with Gasteiger partial charge in [-0.2, -0.15) is 0 Å². The van der Waals surface area contributed by atoms with E-state index in [-0.39, 0.29) is 26.8 Å². The molecule has 0 radical (unpaired) electrons. The predicted molar refractivity (Wildman–Crippen MR) is 161 cm³/mol. The number of fused-ring (bicyclic) bond motifs is 1. The molecular weight excluding hydrogens is 572 g/mol. The SMILES string of the molecule is COCO[C@@H](c1ccc2c(c1)OCO2)[C@@H](COC(=O)C(C)(C)C)[C@@H](COC(=O)C(C)(C)C)[C@@H](O)c1ccc(OC)c(OC)c1. The third-order valence-electron chi connectivity index (χ3n) is 7.22. The second-order valence-electron chi connectivity index (χ2n) is 12.7. The Balaban J connectivity index is 2.15. The summed E-state index contributed by atoms with van der Waals surface area (Å²) in [6.07, 6.45) is -2.02. The van der Waals surface area contributed by atoms with Gasteiger partial charge in [-0.1, -0.05) is 12.1 Å². The Hall–Kier alpha value is -3.54. The van der Waals surface area contributed by atoms with Gasteiger partial charge in [0, 0.05) is 18.9 Å². The predicted octanol–water partition coefficient (Wildman–Crippen LogP) is 5.24. The van der Waals surface area contributed by atoms with E-state index in [1.54, 1.807) is 71.9 Å². The van der Waals surface area contributed by atoms with Gasteiger partial charge in [0.1, 0.15) is 6.79 Å². The minimum atomic E-state index is -1.22. The molecule has 11 heteroatoms. The summed E-state index contributed by atoms with van der Waals surface area (Å²) in [7, 11) is 4.51. The van der Waals surface area contributed by atoms with Crippen LogP contribution in [0.25, 0.3) is 0 Å². The van der Waals surface area contributed by atoms with E-state index in [1.165, 1.54) is 21.3 Å². The van der Waals surface area contributed by atoms with Crippen LogP contribution in [0.1, 0.15) is 64.9 Å². The van der Waals surface area contributed by atoms with Crippen LogP contribution >= 0.6 is 0 Å². The van der Waals surface area contributed by atoms with E-state index in [1.807, 2.05) is 6.07 Å². The van der Waals surface area contributed by atoms with Crippen molar-refractivity contribution in [2.45, 2.75) is 53.8 Å². The van der Waals surface area contributed by atoms with E-state index in [0.29, 0.717) is 34.1 Å². The third-order valence-corrected chi connectivity index (χ3v) is 7.22. The molecule has 0 aromatic heterocycles. The van der Waals surface area contributed by atoms with E-state index in [4.69, 9.17) is 37.9 Å². The molecule has 0 saturated carbocycles. The zero-order valence-electron chi connectivity index (χ0n) is 27.1. The van der Waals surface area contributed by atoms with Crippen LogP contribution in [-0.2, 0) is 28.5 Å². The minimum absolute atomic E-state index is 0.0817. The van der Waals surface area contributed by atoms with E-state index in [2.05, 4.69) is 0 Å². The normalized spacial score (nSPS) is 15.6. The Morgan fingerprint density at radius 1 is 0.773 bits per heavy atom. The molecule has 1 aliphatic rings. The van der Waals surface area contributed by atoms with Crippen molar-refractivity contribution in [3.63, 3.8) is 0 Å². The first kappa shape index (κ1) is 34.9. The average molecular weight is 619 g/mol. The summed E-state index contributed by atoms with van der Waals surface area (Å²) in [4.78, 5) is 26.0. The van der Waals surface area contributed by atoms with Gasteiger partial charge in [0.25, 0.3) is 0 Å². The lowest BCUT2D eigenvalue weighted by molar-refractivity contribution is -0.170. The van der Waals surface area contributed by atoms with E-state index < -0.39 is 46.8 Å². The van der Waals surface area contributed by atoms with Crippen molar-refractivity contribution in [1.82, 2.24) is 0 Å². The number of hydrogen-bond donors (Lipinski definition) is 1. The fraction of sp³-hybridized carbons (Fsp3) is 0.576. The smallest absolute Gasteiger partial charge is 0.311 e. The fourth-order valence-electron chi connectivity index (χ4n) is 4.64. The van der Waals surface area contributed by atoms with Crippen LogP contribution in [0.5, 0.6) is 23.0 Å². The maximum absolute atomic E-state index is 13.0. The van der Waals surface area contributed by atoms with Crippen molar-refractivity contribution < 1.29 is 52.6 Å². The monoisotopic (exact) mass is 618 g/mol. The largest absolute Gasteiger partial charge is 0.493 e. The van der Waals surface area contributed by atoms with E-state index in [9.17, 15) is 14.7 Å². The van der Waals surface area contributed by atoms with Gasteiger partial charge in [-0.15, -0.1) is 0 Å². The minimum Gasteiger partial charge on any atom is -0.493 e. The van der Waals surface area contributed by atoms with Gasteiger partial charge < -0.3 is 43.0 Å². The molecular formula is C33H46O11. The summed E-state index contributed by atoms with van der Waals surface area (Å²) in [6, 6.07) is 10.4. The molecule has 1 aliphatic heterocycles. The van der Waals surface area contributed by atoms with Crippen molar-refractivity contribution in [1.29, 1.82) is 0 Å². The third kappa shape index (κ3) is 8.77. The van der Waals surface area contributed by atoms with E-state index >= 15 is 0 Å². The lowest BCUT2D eigenvalue weighted by Gasteiger charge is -2.37.